The summed E-state index contributed by atoms with van der Waals surface area (Å²) in [6.45, 7) is 8.17. The van der Waals surface area contributed by atoms with Crippen molar-refractivity contribution in [2.45, 2.75) is 71.9 Å². The van der Waals surface area contributed by atoms with Gasteiger partial charge in [-0.3, -0.25) is 9.59 Å². The van der Waals surface area contributed by atoms with Crippen molar-refractivity contribution in [1.82, 2.24) is 4.90 Å². The van der Waals surface area contributed by atoms with Gasteiger partial charge in [-0.1, -0.05) is 32.0 Å². The van der Waals surface area contributed by atoms with Crippen molar-refractivity contribution < 1.29 is 9.59 Å². The Morgan fingerprint density at radius 1 is 1.09 bits per heavy atom. The molecule has 4 heteroatoms. The van der Waals surface area contributed by atoms with E-state index in [0.717, 1.165) is 48.9 Å². The number of piperidine rings is 1. The van der Waals surface area contributed by atoms with E-state index >= 15 is 0 Å². The smallest absolute Gasteiger partial charge is 0.313 e. The zero-order valence-electron chi connectivity index (χ0n) is 14.7. The molecule has 0 spiro atoms. The van der Waals surface area contributed by atoms with E-state index < -0.39 is 11.8 Å². The number of aryl methyl sites for hydroxylation is 2. The lowest BCUT2D eigenvalue weighted by atomic mass is 9.97. The lowest BCUT2D eigenvalue weighted by molar-refractivity contribution is -0.147. The Kier molecular flexibility index (Phi) is 5.80. The molecule has 0 aliphatic carbocycles. The van der Waals surface area contributed by atoms with Crippen LogP contribution in [0, 0.1) is 0 Å². The molecule has 0 saturated carbocycles. The first-order valence-corrected chi connectivity index (χ1v) is 8.73. The fourth-order valence-electron chi connectivity index (χ4n) is 3.51. The van der Waals surface area contributed by atoms with Crippen LogP contribution in [0.15, 0.2) is 18.2 Å². The molecule has 1 N–H and O–H groups in total. The largest absolute Gasteiger partial charge is 0.329 e. The van der Waals surface area contributed by atoms with E-state index in [1.54, 1.807) is 4.90 Å². The maximum absolute atomic E-state index is 12.6. The number of anilines is 1. The second kappa shape index (κ2) is 7.62. The third-order valence-corrected chi connectivity index (χ3v) is 4.86. The van der Waals surface area contributed by atoms with Crippen molar-refractivity contribution in [3.8, 4) is 0 Å². The molecule has 1 aliphatic rings. The summed E-state index contributed by atoms with van der Waals surface area (Å²) in [7, 11) is 0. The van der Waals surface area contributed by atoms with Crippen molar-refractivity contribution in [2.24, 2.45) is 0 Å². The van der Waals surface area contributed by atoms with E-state index in [1.165, 1.54) is 0 Å². The molecule has 0 radical (unpaired) electrons. The topological polar surface area (TPSA) is 49.4 Å². The van der Waals surface area contributed by atoms with Crippen LogP contribution in [0.4, 0.5) is 5.69 Å². The van der Waals surface area contributed by atoms with Gasteiger partial charge in [0, 0.05) is 17.8 Å². The molecule has 1 aromatic carbocycles. The summed E-state index contributed by atoms with van der Waals surface area (Å²) in [4.78, 5) is 26.9. The summed E-state index contributed by atoms with van der Waals surface area (Å²) in [5.74, 6) is -0.918. The fraction of sp³-hybridized carbons (Fsp3) is 0.579. The number of nitrogens with one attached hydrogen (secondary N) is 1. The maximum Gasteiger partial charge on any atom is 0.313 e. The number of likely N-dealkylation sites (tertiary alicyclic amines) is 1. The highest BCUT2D eigenvalue weighted by Crippen LogP contribution is 2.25. The highest BCUT2D eigenvalue weighted by Gasteiger charge is 2.33. The van der Waals surface area contributed by atoms with Crippen LogP contribution in [-0.2, 0) is 22.4 Å². The Labute approximate surface area is 139 Å². The van der Waals surface area contributed by atoms with Gasteiger partial charge in [-0.15, -0.1) is 0 Å². The van der Waals surface area contributed by atoms with E-state index in [1.807, 2.05) is 32.0 Å². The molecular weight excluding hydrogens is 288 g/mol. The van der Waals surface area contributed by atoms with Gasteiger partial charge in [0.2, 0.25) is 0 Å². The minimum Gasteiger partial charge on any atom is -0.329 e. The number of carbonyl (C=O) groups is 2. The lowest BCUT2D eigenvalue weighted by Crippen LogP contribution is -2.51. The number of rotatable bonds is 3. The van der Waals surface area contributed by atoms with Crippen LogP contribution in [0.2, 0.25) is 0 Å². The molecule has 1 fully saturated rings. The molecule has 4 nitrogen and oxygen atoms in total. The zero-order valence-corrected chi connectivity index (χ0v) is 14.7. The molecule has 1 saturated heterocycles. The molecule has 126 valence electrons. The second-order valence-corrected chi connectivity index (χ2v) is 6.45. The maximum atomic E-state index is 12.6. The average molecular weight is 316 g/mol. The molecule has 0 aromatic heterocycles. The highest BCUT2D eigenvalue weighted by atomic mass is 16.2. The number of para-hydroxylation sites is 1. The summed E-state index contributed by atoms with van der Waals surface area (Å²) in [5, 5.41) is 2.89. The normalized spacial score (nSPS) is 21.1. The van der Waals surface area contributed by atoms with Crippen LogP contribution in [0.25, 0.3) is 0 Å². The number of hydrogen-bond acceptors (Lipinski definition) is 2. The first-order chi connectivity index (χ1) is 11.0. The average Bonchev–Trinajstić information content (AvgIpc) is 2.54. The van der Waals surface area contributed by atoms with E-state index in [4.69, 9.17) is 0 Å². The number of nitrogens with zero attached hydrogens (tertiary/aromatic N) is 1. The molecule has 1 aromatic rings. The van der Waals surface area contributed by atoms with Gasteiger partial charge in [0.1, 0.15) is 0 Å². The molecule has 2 unspecified atom stereocenters. The molecule has 0 bridgehead atoms. The molecule has 23 heavy (non-hydrogen) atoms. The van der Waals surface area contributed by atoms with Crippen LogP contribution >= 0.6 is 0 Å². The van der Waals surface area contributed by atoms with Crippen LogP contribution in [0.3, 0.4) is 0 Å². The van der Waals surface area contributed by atoms with Gasteiger partial charge in [0.05, 0.1) is 0 Å². The number of benzene rings is 1. The lowest BCUT2D eigenvalue weighted by Gasteiger charge is -2.38. The van der Waals surface area contributed by atoms with Crippen molar-refractivity contribution in [1.29, 1.82) is 0 Å². The third-order valence-electron chi connectivity index (χ3n) is 4.86. The monoisotopic (exact) mass is 316 g/mol. The fourth-order valence-corrected chi connectivity index (χ4v) is 3.51. The number of amides is 2. The predicted octanol–water partition coefficient (Wildman–Crippen LogP) is 3.54. The van der Waals surface area contributed by atoms with Gasteiger partial charge in [0.15, 0.2) is 0 Å². The predicted molar refractivity (Wildman–Crippen MR) is 93.4 cm³/mol. The second-order valence-electron chi connectivity index (χ2n) is 6.45. The Bertz CT molecular complexity index is 550. The summed E-state index contributed by atoms with van der Waals surface area (Å²) in [5.41, 5.74) is 2.96. The number of hydrogen-bond donors (Lipinski definition) is 1. The summed E-state index contributed by atoms with van der Waals surface area (Å²) in [6, 6.07) is 6.27. The molecule has 1 aliphatic heterocycles. The standard InChI is InChI=1S/C19H28N2O2/c1-5-15-11-8-12-16(6-2)17(15)20-18(22)19(23)21-13(3)9-7-10-14(21)4/h8,11-14H,5-7,9-10H2,1-4H3,(H,20,22). The van der Waals surface area contributed by atoms with Crippen molar-refractivity contribution in [2.75, 3.05) is 5.32 Å². The zero-order chi connectivity index (χ0) is 17.0. The van der Waals surface area contributed by atoms with Crippen molar-refractivity contribution in [3.05, 3.63) is 29.3 Å². The summed E-state index contributed by atoms with van der Waals surface area (Å²) < 4.78 is 0. The Morgan fingerprint density at radius 2 is 1.61 bits per heavy atom. The van der Waals surface area contributed by atoms with Gasteiger partial charge in [-0.2, -0.15) is 0 Å². The minimum absolute atomic E-state index is 0.129. The first-order valence-electron chi connectivity index (χ1n) is 8.73. The Balaban J connectivity index is 2.20. The van der Waals surface area contributed by atoms with Gasteiger partial charge in [0.25, 0.3) is 0 Å². The quantitative estimate of drug-likeness (QED) is 0.867. The van der Waals surface area contributed by atoms with Gasteiger partial charge in [-0.05, 0) is 57.1 Å². The third kappa shape index (κ3) is 3.74. The Morgan fingerprint density at radius 3 is 2.09 bits per heavy atom. The van der Waals surface area contributed by atoms with Crippen LogP contribution < -0.4 is 5.32 Å². The van der Waals surface area contributed by atoms with E-state index in [-0.39, 0.29) is 12.1 Å². The van der Waals surface area contributed by atoms with Crippen molar-refractivity contribution >= 4 is 17.5 Å². The van der Waals surface area contributed by atoms with E-state index in [9.17, 15) is 9.59 Å². The highest BCUT2D eigenvalue weighted by molar-refractivity contribution is 6.39. The van der Waals surface area contributed by atoms with Crippen LogP contribution in [0.5, 0.6) is 0 Å². The minimum atomic E-state index is -0.513. The number of carbonyl (C=O) groups excluding carboxylic acids is 2. The Hall–Kier alpha value is -1.84. The van der Waals surface area contributed by atoms with E-state index in [2.05, 4.69) is 19.2 Å². The molecule has 1 heterocycles. The molecule has 2 atom stereocenters. The SMILES string of the molecule is CCc1cccc(CC)c1NC(=O)C(=O)N1C(C)CCCC1C. The summed E-state index contributed by atoms with van der Waals surface area (Å²) >= 11 is 0. The molecule has 2 rings (SSSR count). The molecular formula is C19H28N2O2. The van der Waals surface area contributed by atoms with Gasteiger partial charge >= 0.3 is 11.8 Å². The van der Waals surface area contributed by atoms with Crippen LogP contribution in [-0.4, -0.2) is 28.8 Å². The first kappa shape index (κ1) is 17.5. The molecule has 2 amide bonds. The van der Waals surface area contributed by atoms with E-state index in [0.29, 0.717) is 0 Å². The van der Waals surface area contributed by atoms with Crippen molar-refractivity contribution in [3.63, 3.8) is 0 Å². The van der Waals surface area contributed by atoms with Gasteiger partial charge < -0.3 is 10.2 Å². The summed E-state index contributed by atoms with van der Waals surface area (Å²) in [6.07, 6.45) is 4.71. The van der Waals surface area contributed by atoms with Crippen LogP contribution in [0.1, 0.15) is 58.1 Å². The van der Waals surface area contributed by atoms with Gasteiger partial charge in [-0.25, -0.2) is 0 Å².